The van der Waals surface area contributed by atoms with Gasteiger partial charge in [-0.2, -0.15) is 5.10 Å². The maximum atomic E-state index is 5.95. The van der Waals surface area contributed by atoms with Crippen LogP contribution in [-0.2, 0) is 11.3 Å². The molecule has 0 spiro atoms. The molecule has 0 amide bonds. The molecule has 0 radical (unpaired) electrons. The summed E-state index contributed by atoms with van der Waals surface area (Å²) >= 11 is 1.74. The summed E-state index contributed by atoms with van der Waals surface area (Å²) in [6.45, 7) is 9.50. The normalized spacial score (nSPS) is 18.5. The Morgan fingerprint density at radius 1 is 1.29 bits per heavy atom. The fourth-order valence-corrected chi connectivity index (χ4v) is 4.19. The Morgan fingerprint density at radius 3 is 2.96 bits per heavy atom. The summed E-state index contributed by atoms with van der Waals surface area (Å²) in [5.41, 5.74) is 2.46. The topological polar surface area (TPSA) is 56.1 Å². The van der Waals surface area contributed by atoms with Gasteiger partial charge in [-0.15, -0.1) is 11.3 Å². The molecule has 6 nitrogen and oxygen atoms in total. The first kappa shape index (κ1) is 15.5. The van der Waals surface area contributed by atoms with Crippen molar-refractivity contribution in [3.8, 4) is 0 Å². The molecule has 3 aromatic rings. The van der Waals surface area contributed by atoms with Gasteiger partial charge in [0, 0.05) is 24.2 Å². The highest BCUT2D eigenvalue weighted by Crippen LogP contribution is 2.34. The molecule has 0 unspecified atom stereocenters. The van der Waals surface area contributed by atoms with Crippen molar-refractivity contribution in [1.29, 1.82) is 0 Å². The Kier molecular flexibility index (Phi) is 3.97. The van der Waals surface area contributed by atoms with E-state index in [4.69, 9.17) is 4.74 Å². The van der Waals surface area contributed by atoms with Crippen molar-refractivity contribution in [1.82, 2.24) is 19.7 Å². The Bertz CT molecular complexity index is 871. The zero-order chi connectivity index (χ0) is 16.7. The highest BCUT2D eigenvalue weighted by atomic mass is 32.1. The van der Waals surface area contributed by atoms with E-state index in [0.717, 1.165) is 30.3 Å². The van der Waals surface area contributed by atoms with E-state index < -0.39 is 0 Å². The molecule has 0 aromatic carbocycles. The summed E-state index contributed by atoms with van der Waals surface area (Å²) in [5.74, 6) is 1.03. The number of fused-ring (bicyclic) bond motifs is 1. The van der Waals surface area contributed by atoms with Crippen LogP contribution in [0.2, 0.25) is 0 Å². The van der Waals surface area contributed by atoms with Gasteiger partial charge in [0.25, 0.3) is 0 Å². The first-order chi connectivity index (χ1) is 11.6. The van der Waals surface area contributed by atoms with Crippen LogP contribution in [0.1, 0.15) is 16.0 Å². The van der Waals surface area contributed by atoms with Crippen LogP contribution in [0.4, 0.5) is 5.82 Å². The number of aromatic nitrogens is 4. The third-order valence-corrected chi connectivity index (χ3v) is 5.65. The molecule has 0 aliphatic carbocycles. The van der Waals surface area contributed by atoms with Crippen LogP contribution >= 0.6 is 11.3 Å². The number of hydrogen-bond acceptors (Lipinski definition) is 6. The van der Waals surface area contributed by atoms with Crippen LogP contribution < -0.4 is 4.90 Å². The lowest BCUT2D eigenvalue weighted by atomic mass is 10.2. The van der Waals surface area contributed by atoms with E-state index in [0.29, 0.717) is 6.61 Å². The molecule has 0 bridgehead atoms. The highest BCUT2D eigenvalue weighted by molar-refractivity contribution is 7.18. The average Bonchev–Trinajstić information content (AvgIpc) is 3.11. The van der Waals surface area contributed by atoms with Gasteiger partial charge in [0.1, 0.15) is 17.0 Å². The quantitative estimate of drug-likeness (QED) is 0.732. The summed E-state index contributed by atoms with van der Waals surface area (Å²) in [7, 11) is 0. The Balaban J connectivity index is 1.60. The molecule has 1 atom stereocenters. The lowest BCUT2D eigenvalue weighted by Crippen LogP contribution is -2.44. The van der Waals surface area contributed by atoms with E-state index in [1.165, 1.54) is 21.4 Å². The number of aryl methyl sites for hydroxylation is 3. The van der Waals surface area contributed by atoms with E-state index in [9.17, 15) is 0 Å². The van der Waals surface area contributed by atoms with E-state index in [-0.39, 0.29) is 6.10 Å². The summed E-state index contributed by atoms with van der Waals surface area (Å²) in [6, 6.07) is 0. The lowest BCUT2D eigenvalue weighted by molar-refractivity contribution is 0.0272. The van der Waals surface area contributed by atoms with Crippen LogP contribution in [0.25, 0.3) is 10.2 Å². The lowest BCUT2D eigenvalue weighted by Gasteiger charge is -2.34. The Morgan fingerprint density at radius 2 is 2.17 bits per heavy atom. The van der Waals surface area contributed by atoms with E-state index in [2.05, 4.69) is 46.9 Å². The summed E-state index contributed by atoms with van der Waals surface area (Å²) in [4.78, 5) is 13.7. The van der Waals surface area contributed by atoms with Crippen molar-refractivity contribution in [2.75, 3.05) is 24.6 Å². The van der Waals surface area contributed by atoms with Gasteiger partial charge in [-0.1, -0.05) is 0 Å². The molecule has 1 fully saturated rings. The van der Waals surface area contributed by atoms with E-state index in [1.54, 1.807) is 17.7 Å². The molecule has 1 aliphatic heterocycles. The maximum absolute atomic E-state index is 5.95. The first-order valence-electron chi connectivity index (χ1n) is 8.18. The van der Waals surface area contributed by atoms with Crippen LogP contribution in [-0.4, -0.2) is 45.5 Å². The van der Waals surface area contributed by atoms with Crippen molar-refractivity contribution in [3.05, 3.63) is 34.7 Å². The minimum atomic E-state index is 0.114. The summed E-state index contributed by atoms with van der Waals surface area (Å²) in [5, 5.41) is 5.56. The second-order valence-corrected chi connectivity index (χ2v) is 7.54. The van der Waals surface area contributed by atoms with Crippen molar-refractivity contribution < 1.29 is 4.74 Å². The summed E-state index contributed by atoms with van der Waals surface area (Å²) < 4.78 is 7.90. The minimum Gasteiger partial charge on any atom is -0.373 e. The fraction of sp³-hybridized carbons (Fsp3) is 0.471. The maximum Gasteiger partial charge on any atom is 0.141 e. The molecular formula is C17H21N5OS. The largest absolute Gasteiger partial charge is 0.373 e. The number of hydrogen-bond donors (Lipinski definition) is 0. The molecule has 1 saturated heterocycles. The van der Waals surface area contributed by atoms with Crippen molar-refractivity contribution in [2.24, 2.45) is 0 Å². The molecule has 1 aliphatic rings. The number of morpholine rings is 1. The molecule has 4 rings (SSSR count). The average molecular weight is 343 g/mol. The number of rotatable bonds is 3. The molecule has 126 valence electrons. The fourth-order valence-electron chi connectivity index (χ4n) is 3.20. The third-order valence-electron chi connectivity index (χ3n) is 4.54. The van der Waals surface area contributed by atoms with Crippen LogP contribution in [0.5, 0.6) is 0 Å². The minimum absolute atomic E-state index is 0.114. The monoisotopic (exact) mass is 343 g/mol. The van der Waals surface area contributed by atoms with Crippen molar-refractivity contribution >= 4 is 27.4 Å². The molecule has 0 N–H and O–H groups in total. The van der Waals surface area contributed by atoms with Gasteiger partial charge in [0.05, 0.1) is 30.8 Å². The smallest absolute Gasteiger partial charge is 0.141 e. The SMILES string of the molecule is Cc1cnn(C[C@@H]2CN(c3ncnc4sc(C)c(C)c34)CCO2)c1. The third kappa shape index (κ3) is 2.78. The number of thiophene rings is 1. The molecule has 0 saturated carbocycles. The summed E-state index contributed by atoms with van der Waals surface area (Å²) in [6.07, 6.45) is 5.72. The zero-order valence-electron chi connectivity index (χ0n) is 14.2. The Hall–Kier alpha value is -1.99. The van der Waals surface area contributed by atoms with Crippen LogP contribution in [0.3, 0.4) is 0 Å². The van der Waals surface area contributed by atoms with Gasteiger partial charge in [0.15, 0.2) is 0 Å². The molecular weight excluding hydrogens is 322 g/mol. The van der Waals surface area contributed by atoms with E-state index >= 15 is 0 Å². The second-order valence-electron chi connectivity index (χ2n) is 6.34. The standard InChI is InChI=1S/C17H21N5OS/c1-11-6-20-22(7-11)9-14-8-21(4-5-23-14)16-15-12(2)13(3)24-17(15)19-10-18-16/h6-7,10,14H,4-5,8-9H2,1-3H3/t14-/m0/s1. The van der Waals surface area contributed by atoms with Crippen LogP contribution in [0, 0.1) is 20.8 Å². The van der Waals surface area contributed by atoms with Gasteiger partial charge in [-0.25, -0.2) is 9.97 Å². The molecule has 7 heteroatoms. The van der Waals surface area contributed by atoms with Crippen LogP contribution in [0.15, 0.2) is 18.7 Å². The second kappa shape index (κ2) is 6.14. The van der Waals surface area contributed by atoms with Gasteiger partial charge < -0.3 is 9.64 Å². The van der Waals surface area contributed by atoms with Gasteiger partial charge in [-0.3, -0.25) is 4.68 Å². The van der Waals surface area contributed by atoms with Gasteiger partial charge in [0.2, 0.25) is 0 Å². The van der Waals surface area contributed by atoms with Crippen molar-refractivity contribution in [2.45, 2.75) is 33.4 Å². The molecule has 24 heavy (non-hydrogen) atoms. The zero-order valence-corrected chi connectivity index (χ0v) is 15.0. The van der Waals surface area contributed by atoms with E-state index in [1.807, 2.05) is 10.9 Å². The highest BCUT2D eigenvalue weighted by Gasteiger charge is 2.25. The van der Waals surface area contributed by atoms with Gasteiger partial charge in [-0.05, 0) is 31.9 Å². The predicted octanol–water partition coefficient (Wildman–Crippen LogP) is 2.72. The van der Waals surface area contributed by atoms with Gasteiger partial charge >= 0.3 is 0 Å². The Labute approximate surface area is 145 Å². The number of ether oxygens (including phenoxy) is 1. The molecule has 4 heterocycles. The number of nitrogens with zero attached hydrogens (tertiary/aromatic N) is 5. The number of anilines is 1. The molecule has 3 aromatic heterocycles. The predicted molar refractivity (Wildman–Crippen MR) is 95.8 cm³/mol. The van der Waals surface area contributed by atoms with Crippen molar-refractivity contribution in [3.63, 3.8) is 0 Å². The first-order valence-corrected chi connectivity index (χ1v) is 9.00.